The smallest absolute Gasteiger partial charge is 0.0805 e. The van der Waals surface area contributed by atoms with Crippen molar-refractivity contribution in [2.45, 2.75) is 111 Å². The van der Waals surface area contributed by atoms with E-state index >= 15 is 0 Å². The molecule has 31 heavy (non-hydrogen) atoms. The summed E-state index contributed by atoms with van der Waals surface area (Å²) in [4.78, 5) is 0. The average Bonchev–Trinajstić information content (AvgIpc) is 3.06. The normalized spacial score (nSPS) is 49.5. The van der Waals surface area contributed by atoms with Crippen molar-refractivity contribution >= 4 is 5.71 Å². The van der Waals surface area contributed by atoms with Gasteiger partial charge in [-0.3, -0.25) is 0 Å². The molecule has 0 aromatic heterocycles. The first kappa shape index (κ1) is 23.5. The third kappa shape index (κ3) is 3.88. The summed E-state index contributed by atoms with van der Waals surface area (Å²) in [7, 11) is 0. The number of aliphatic hydroxyl groups is 2. The minimum atomic E-state index is -0.692. The quantitative estimate of drug-likeness (QED) is 0.374. The van der Waals surface area contributed by atoms with Crippen LogP contribution in [-0.2, 0) is 0 Å². The standard InChI is InChI=1S/C27H47NO3/c1-16(2)7-6-8-17(3)19-9-10-20-18-13-23(28-31)22-14-24(29)25(30)15-27(22,5)21(18)11-12-26(19,20)4/h16-22,24-25,29-31H,6-15H2,1-5H3/b28-23+/t17-,18+,19-,20+,21+,22-,24-,25+,26-,27-/m1/s1. The summed E-state index contributed by atoms with van der Waals surface area (Å²) in [6.07, 6.45) is 9.94. The Morgan fingerprint density at radius 3 is 2.35 bits per heavy atom. The topological polar surface area (TPSA) is 73.1 Å². The molecule has 4 saturated carbocycles. The molecule has 0 heterocycles. The first-order chi connectivity index (χ1) is 14.6. The van der Waals surface area contributed by atoms with Crippen LogP contribution in [0.25, 0.3) is 0 Å². The van der Waals surface area contributed by atoms with Crippen molar-refractivity contribution in [2.75, 3.05) is 0 Å². The van der Waals surface area contributed by atoms with E-state index in [9.17, 15) is 15.4 Å². The number of hydrogen-bond donors (Lipinski definition) is 3. The minimum absolute atomic E-state index is 0.0641. The maximum absolute atomic E-state index is 10.6. The predicted molar refractivity (Wildman–Crippen MR) is 125 cm³/mol. The van der Waals surface area contributed by atoms with E-state index in [0.717, 1.165) is 29.9 Å². The molecule has 3 N–H and O–H groups in total. The highest BCUT2D eigenvalue weighted by Gasteiger charge is 2.63. The van der Waals surface area contributed by atoms with Gasteiger partial charge in [0.2, 0.25) is 0 Å². The third-order valence-corrected chi connectivity index (χ3v) is 10.8. The van der Waals surface area contributed by atoms with Crippen LogP contribution in [0.5, 0.6) is 0 Å². The highest BCUT2D eigenvalue weighted by atomic mass is 16.4. The van der Waals surface area contributed by atoms with Crippen LogP contribution in [-0.4, -0.2) is 33.3 Å². The molecule has 0 amide bonds. The lowest BCUT2D eigenvalue weighted by Crippen LogP contribution is -2.59. The Hall–Kier alpha value is -0.610. The zero-order valence-corrected chi connectivity index (χ0v) is 20.6. The Morgan fingerprint density at radius 1 is 0.968 bits per heavy atom. The van der Waals surface area contributed by atoms with Gasteiger partial charge in [0.05, 0.1) is 17.9 Å². The summed E-state index contributed by atoms with van der Waals surface area (Å²) < 4.78 is 0. The number of rotatable bonds is 5. The van der Waals surface area contributed by atoms with Gasteiger partial charge in [-0.2, -0.15) is 0 Å². The molecule has 178 valence electrons. The van der Waals surface area contributed by atoms with Crippen molar-refractivity contribution in [3.05, 3.63) is 0 Å². The molecule has 4 nitrogen and oxygen atoms in total. The van der Waals surface area contributed by atoms with Crippen LogP contribution in [0.3, 0.4) is 0 Å². The summed E-state index contributed by atoms with van der Waals surface area (Å²) in [5, 5.41) is 34.6. The van der Waals surface area contributed by atoms with Gasteiger partial charge in [-0.1, -0.05) is 59.0 Å². The fraction of sp³-hybridized carbons (Fsp3) is 0.963. The van der Waals surface area contributed by atoms with Gasteiger partial charge in [0, 0.05) is 5.92 Å². The maximum Gasteiger partial charge on any atom is 0.0805 e. The molecule has 4 fully saturated rings. The minimum Gasteiger partial charge on any atom is -0.411 e. The highest BCUT2D eigenvalue weighted by Crippen LogP contribution is 2.68. The molecule has 0 saturated heterocycles. The molecule has 0 unspecified atom stereocenters. The van der Waals surface area contributed by atoms with Gasteiger partial charge >= 0.3 is 0 Å². The first-order valence-corrected chi connectivity index (χ1v) is 13.2. The largest absolute Gasteiger partial charge is 0.411 e. The SMILES string of the molecule is CC(C)CCC[C@@H](C)[C@H]1CC[C@H]2[C@@H]3C/C(=N\O)[C@H]4C[C@@H](O)[C@@H](O)C[C@]4(C)[C@H]3CC[C@]12C. The molecule has 0 aliphatic heterocycles. The number of fused-ring (bicyclic) bond motifs is 5. The number of hydrogen-bond acceptors (Lipinski definition) is 4. The Kier molecular flexibility index (Phi) is 6.55. The van der Waals surface area contributed by atoms with E-state index in [1.807, 2.05) is 0 Å². The van der Waals surface area contributed by atoms with Gasteiger partial charge in [-0.15, -0.1) is 0 Å². The summed E-state index contributed by atoms with van der Waals surface area (Å²) in [5.41, 5.74) is 1.23. The summed E-state index contributed by atoms with van der Waals surface area (Å²) in [6.45, 7) is 12.1. The van der Waals surface area contributed by atoms with Crippen molar-refractivity contribution in [3.63, 3.8) is 0 Å². The predicted octanol–water partition coefficient (Wildman–Crippen LogP) is 5.88. The molecule has 4 aliphatic rings. The van der Waals surface area contributed by atoms with Gasteiger partial charge in [0.1, 0.15) is 0 Å². The Bertz CT molecular complexity index is 677. The third-order valence-electron chi connectivity index (χ3n) is 10.8. The molecule has 0 aromatic rings. The average molecular weight is 434 g/mol. The monoisotopic (exact) mass is 433 g/mol. The molecular formula is C27H47NO3. The Balaban J connectivity index is 1.55. The van der Waals surface area contributed by atoms with Gasteiger partial charge < -0.3 is 15.4 Å². The molecule has 4 heteroatoms. The number of aliphatic hydroxyl groups excluding tert-OH is 2. The van der Waals surface area contributed by atoms with Crippen molar-refractivity contribution < 1.29 is 15.4 Å². The van der Waals surface area contributed by atoms with Gasteiger partial charge in [-0.25, -0.2) is 0 Å². The van der Waals surface area contributed by atoms with Crippen LogP contribution in [0.1, 0.15) is 98.8 Å². The Morgan fingerprint density at radius 2 is 1.68 bits per heavy atom. The van der Waals surface area contributed by atoms with Crippen molar-refractivity contribution in [1.29, 1.82) is 0 Å². The van der Waals surface area contributed by atoms with Crippen LogP contribution in [0.4, 0.5) is 0 Å². The molecule has 10 atom stereocenters. The van der Waals surface area contributed by atoms with Crippen LogP contribution in [0, 0.1) is 52.3 Å². The zero-order valence-electron chi connectivity index (χ0n) is 20.6. The number of nitrogens with zero attached hydrogens (tertiary/aromatic N) is 1. The van der Waals surface area contributed by atoms with Crippen molar-refractivity contribution in [2.24, 2.45) is 57.4 Å². The second kappa shape index (κ2) is 8.63. The second-order valence-corrected chi connectivity index (χ2v) is 12.8. The molecular weight excluding hydrogens is 386 g/mol. The first-order valence-electron chi connectivity index (χ1n) is 13.2. The van der Waals surface area contributed by atoms with Gasteiger partial charge in [0.15, 0.2) is 0 Å². The van der Waals surface area contributed by atoms with Gasteiger partial charge in [0.25, 0.3) is 0 Å². The van der Waals surface area contributed by atoms with Gasteiger partial charge in [-0.05, 0) is 91.3 Å². The summed E-state index contributed by atoms with van der Waals surface area (Å²) in [5.74, 6) is 4.32. The Labute approximate surface area is 189 Å². The summed E-state index contributed by atoms with van der Waals surface area (Å²) >= 11 is 0. The highest BCUT2D eigenvalue weighted by molar-refractivity contribution is 5.88. The molecule has 4 aliphatic carbocycles. The van der Waals surface area contributed by atoms with Crippen LogP contribution in [0.15, 0.2) is 5.16 Å². The van der Waals surface area contributed by atoms with Crippen molar-refractivity contribution in [1.82, 2.24) is 0 Å². The van der Waals surface area contributed by atoms with Crippen LogP contribution in [0.2, 0.25) is 0 Å². The summed E-state index contributed by atoms with van der Waals surface area (Å²) in [6, 6.07) is 0. The van der Waals surface area contributed by atoms with E-state index in [2.05, 4.69) is 39.8 Å². The lowest BCUT2D eigenvalue weighted by Gasteiger charge is -2.61. The van der Waals surface area contributed by atoms with Crippen LogP contribution >= 0.6 is 0 Å². The lowest BCUT2D eigenvalue weighted by atomic mass is 9.43. The fourth-order valence-electron chi connectivity index (χ4n) is 9.23. The molecule has 0 aromatic carbocycles. The molecule has 4 rings (SSSR count). The van der Waals surface area contributed by atoms with E-state index < -0.39 is 12.2 Å². The van der Waals surface area contributed by atoms with Crippen molar-refractivity contribution in [3.8, 4) is 0 Å². The molecule has 0 spiro atoms. The van der Waals surface area contributed by atoms with Crippen LogP contribution < -0.4 is 0 Å². The fourth-order valence-corrected chi connectivity index (χ4v) is 9.23. The second-order valence-electron chi connectivity index (χ2n) is 12.8. The zero-order chi connectivity index (χ0) is 22.6. The van der Waals surface area contributed by atoms with E-state index in [-0.39, 0.29) is 11.3 Å². The van der Waals surface area contributed by atoms with E-state index in [4.69, 9.17) is 0 Å². The molecule has 0 radical (unpaired) electrons. The maximum atomic E-state index is 10.6. The lowest BCUT2D eigenvalue weighted by molar-refractivity contribution is -0.131. The molecule has 0 bridgehead atoms. The van der Waals surface area contributed by atoms with E-state index in [1.165, 1.54) is 44.9 Å². The number of oxime groups is 1. The van der Waals surface area contributed by atoms with E-state index in [1.54, 1.807) is 0 Å². The van der Waals surface area contributed by atoms with E-state index in [0.29, 0.717) is 36.0 Å².